The SMILES string of the molecule is CCNCc1cn(CCN2CCSCC2C)nn1. The van der Waals surface area contributed by atoms with Crippen LogP contribution < -0.4 is 5.32 Å². The molecular weight excluding hydrogens is 246 g/mol. The van der Waals surface area contributed by atoms with Crippen molar-refractivity contribution in [3.63, 3.8) is 0 Å². The first-order valence-corrected chi connectivity index (χ1v) is 7.86. The molecule has 1 aromatic rings. The number of nitrogens with zero attached hydrogens (tertiary/aromatic N) is 4. The van der Waals surface area contributed by atoms with E-state index in [1.807, 2.05) is 10.9 Å². The van der Waals surface area contributed by atoms with E-state index in [1.165, 1.54) is 18.1 Å². The van der Waals surface area contributed by atoms with E-state index >= 15 is 0 Å². The minimum atomic E-state index is 0.688. The molecule has 0 aromatic carbocycles. The molecule has 1 aliphatic rings. The first kappa shape index (κ1) is 13.8. The zero-order valence-corrected chi connectivity index (χ0v) is 12.1. The maximum absolute atomic E-state index is 4.17. The molecule has 2 heterocycles. The van der Waals surface area contributed by atoms with E-state index in [0.717, 1.165) is 31.9 Å². The Kier molecular flexibility index (Phi) is 5.46. The quantitative estimate of drug-likeness (QED) is 0.828. The van der Waals surface area contributed by atoms with Gasteiger partial charge in [-0.3, -0.25) is 9.58 Å². The van der Waals surface area contributed by atoms with Gasteiger partial charge in [0.15, 0.2) is 0 Å². The second-order valence-corrected chi connectivity index (χ2v) is 5.86. The van der Waals surface area contributed by atoms with Crippen molar-refractivity contribution < 1.29 is 0 Å². The minimum absolute atomic E-state index is 0.688. The van der Waals surface area contributed by atoms with Crippen molar-refractivity contribution in [2.45, 2.75) is 33.0 Å². The van der Waals surface area contributed by atoms with Crippen molar-refractivity contribution in [3.05, 3.63) is 11.9 Å². The van der Waals surface area contributed by atoms with Gasteiger partial charge in [0.05, 0.1) is 12.2 Å². The Morgan fingerprint density at radius 3 is 3.17 bits per heavy atom. The lowest BCUT2D eigenvalue weighted by Crippen LogP contribution is -2.42. The lowest BCUT2D eigenvalue weighted by molar-refractivity contribution is 0.220. The summed E-state index contributed by atoms with van der Waals surface area (Å²) in [5.74, 6) is 2.51. The van der Waals surface area contributed by atoms with E-state index in [2.05, 4.69) is 46.1 Å². The summed E-state index contributed by atoms with van der Waals surface area (Å²) in [5, 5.41) is 11.6. The number of thioether (sulfide) groups is 1. The minimum Gasteiger partial charge on any atom is -0.311 e. The Morgan fingerprint density at radius 1 is 1.50 bits per heavy atom. The van der Waals surface area contributed by atoms with Crippen LogP contribution in [0.5, 0.6) is 0 Å². The molecule has 18 heavy (non-hydrogen) atoms. The second kappa shape index (κ2) is 7.11. The molecule has 0 bridgehead atoms. The molecule has 1 N–H and O–H groups in total. The molecule has 0 aliphatic carbocycles. The lowest BCUT2D eigenvalue weighted by atomic mass is 10.3. The van der Waals surface area contributed by atoms with Gasteiger partial charge in [-0.25, -0.2) is 0 Å². The monoisotopic (exact) mass is 269 g/mol. The summed E-state index contributed by atoms with van der Waals surface area (Å²) in [5.41, 5.74) is 1.03. The van der Waals surface area contributed by atoms with Crippen molar-refractivity contribution in [1.82, 2.24) is 25.2 Å². The Morgan fingerprint density at radius 2 is 2.39 bits per heavy atom. The zero-order valence-electron chi connectivity index (χ0n) is 11.3. The van der Waals surface area contributed by atoms with Crippen LogP contribution in [0.4, 0.5) is 0 Å². The van der Waals surface area contributed by atoms with Crippen molar-refractivity contribution in [2.75, 3.05) is 31.1 Å². The van der Waals surface area contributed by atoms with E-state index in [1.54, 1.807) is 0 Å². The lowest BCUT2D eigenvalue weighted by Gasteiger charge is -2.32. The molecule has 102 valence electrons. The summed E-state index contributed by atoms with van der Waals surface area (Å²) in [4.78, 5) is 2.54. The summed E-state index contributed by atoms with van der Waals surface area (Å²) in [6.45, 7) is 9.40. The van der Waals surface area contributed by atoms with Gasteiger partial charge < -0.3 is 5.32 Å². The number of hydrogen-bond donors (Lipinski definition) is 1. The van der Waals surface area contributed by atoms with Crippen molar-refractivity contribution >= 4 is 11.8 Å². The van der Waals surface area contributed by atoms with Gasteiger partial charge in [0.25, 0.3) is 0 Å². The van der Waals surface area contributed by atoms with E-state index in [0.29, 0.717) is 6.04 Å². The van der Waals surface area contributed by atoms with Gasteiger partial charge in [-0.15, -0.1) is 5.10 Å². The molecule has 0 amide bonds. The van der Waals surface area contributed by atoms with Crippen molar-refractivity contribution in [1.29, 1.82) is 0 Å². The van der Waals surface area contributed by atoms with Gasteiger partial charge in [0.1, 0.15) is 0 Å². The molecule has 2 rings (SSSR count). The third-order valence-corrected chi connectivity index (χ3v) is 4.45. The van der Waals surface area contributed by atoms with Gasteiger partial charge in [-0.2, -0.15) is 11.8 Å². The van der Waals surface area contributed by atoms with Crippen LogP contribution in [0, 0.1) is 0 Å². The maximum Gasteiger partial charge on any atom is 0.0964 e. The van der Waals surface area contributed by atoms with Gasteiger partial charge in [0, 0.05) is 43.4 Å². The Labute approximate surface area is 113 Å². The first-order valence-electron chi connectivity index (χ1n) is 6.71. The highest BCUT2D eigenvalue weighted by molar-refractivity contribution is 7.99. The number of hydrogen-bond acceptors (Lipinski definition) is 5. The van der Waals surface area contributed by atoms with Gasteiger partial charge in [-0.05, 0) is 13.5 Å². The Bertz CT molecular complexity index is 354. The predicted molar refractivity (Wildman–Crippen MR) is 75.8 cm³/mol. The van der Waals surface area contributed by atoms with Crippen LogP contribution >= 0.6 is 11.8 Å². The van der Waals surface area contributed by atoms with Crippen LogP contribution in [-0.4, -0.2) is 57.1 Å². The molecule has 1 aliphatic heterocycles. The third kappa shape index (κ3) is 3.96. The smallest absolute Gasteiger partial charge is 0.0964 e. The predicted octanol–water partition coefficient (Wildman–Crippen LogP) is 0.825. The van der Waals surface area contributed by atoms with Crippen LogP contribution in [0.15, 0.2) is 6.20 Å². The van der Waals surface area contributed by atoms with Gasteiger partial charge >= 0.3 is 0 Å². The standard InChI is InChI=1S/C12H23N5S/c1-3-13-8-12-9-17(15-14-12)5-4-16-6-7-18-10-11(16)2/h9,11,13H,3-8,10H2,1-2H3. The van der Waals surface area contributed by atoms with Crippen LogP contribution in [0.2, 0.25) is 0 Å². The number of aromatic nitrogens is 3. The molecule has 0 saturated carbocycles. The first-order chi connectivity index (χ1) is 8.79. The summed E-state index contributed by atoms with van der Waals surface area (Å²) in [7, 11) is 0. The molecule has 1 fully saturated rings. The highest BCUT2D eigenvalue weighted by atomic mass is 32.2. The van der Waals surface area contributed by atoms with E-state index in [-0.39, 0.29) is 0 Å². The zero-order chi connectivity index (χ0) is 12.8. The summed E-state index contributed by atoms with van der Waals surface area (Å²) in [6, 6.07) is 0.688. The molecule has 1 aromatic heterocycles. The molecule has 5 nitrogen and oxygen atoms in total. The van der Waals surface area contributed by atoms with Gasteiger partial charge in [0.2, 0.25) is 0 Å². The number of nitrogens with one attached hydrogen (secondary N) is 1. The molecule has 0 spiro atoms. The maximum atomic E-state index is 4.17. The van der Waals surface area contributed by atoms with E-state index in [9.17, 15) is 0 Å². The van der Waals surface area contributed by atoms with Crippen LogP contribution in [0.3, 0.4) is 0 Å². The van der Waals surface area contributed by atoms with E-state index < -0.39 is 0 Å². The summed E-state index contributed by atoms with van der Waals surface area (Å²) < 4.78 is 1.96. The largest absolute Gasteiger partial charge is 0.311 e. The normalized spacial score (nSPS) is 21.3. The average molecular weight is 269 g/mol. The van der Waals surface area contributed by atoms with Crippen LogP contribution in [0.25, 0.3) is 0 Å². The average Bonchev–Trinajstić information content (AvgIpc) is 2.83. The Hall–Kier alpha value is -0.590. The van der Waals surface area contributed by atoms with Gasteiger partial charge in [-0.1, -0.05) is 12.1 Å². The molecule has 0 radical (unpaired) electrons. The fourth-order valence-electron chi connectivity index (χ4n) is 2.11. The van der Waals surface area contributed by atoms with Crippen molar-refractivity contribution in [3.8, 4) is 0 Å². The molecular formula is C12H23N5S. The second-order valence-electron chi connectivity index (χ2n) is 4.71. The topological polar surface area (TPSA) is 46.0 Å². The molecule has 1 atom stereocenters. The molecule has 1 saturated heterocycles. The third-order valence-electron chi connectivity index (χ3n) is 3.26. The van der Waals surface area contributed by atoms with Crippen LogP contribution in [0.1, 0.15) is 19.5 Å². The highest BCUT2D eigenvalue weighted by Crippen LogP contribution is 2.15. The fourth-order valence-corrected chi connectivity index (χ4v) is 3.19. The summed E-state index contributed by atoms with van der Waals surface area (Å²) >= 11 is 2.06. The summed E-state index contributed by atoms with van der Waals surface area (Å²) in [6.07, 6.45) is 2.05. The number of rotatable bonds is 6. The van der Waals surface area contributed by atoms with Crippen molar-refractivity contribution in [2.24, 2.45) is 0 Å². The Balaban J connectivity index is 1.77. The molecule has 1 unspecified atom stereocenters. The highest BCUT2D eigenvalue weighted by Gasteiger charge is 2.18. The molecule has 6 heteroatoms. The van der Waals surface area contributed by atoms with E-state index in [4.69, 9.17) is 0 Å². The van der Waals surface area contributed by atoms with Crippen LogP contribution in [-0.2, 0) is 13.1 Å². The fraction of sp³-hybridized carbons (Fsp3) is 0.833.